The van der Waals surface area contributed by atoms with Crippen molar-refractivity contribution in [3.05, 3.63) is 12.7 Å². The van der Waals surface area contributed by atoms with Gasteiger partial charge in [0.15, 0.2) is 17.7 Å². The number of nitrogens with zero attached hydrogens (tertiary/aromatic N) is 5. The van der Waals surface area contributed by atoms with E-state index in [4.69, 9.17) is 10.5 Å². The minimum Gasteiger partial charge on any atom is -0.387 e. The van der Waals surface area contributed by atoms with E-state index in [-0.39, 0.29) is 5.82 Å². The number of hydrogen-bond acceptors (Lipinski definition) is 8. The van der Waals surface area contributed by atoms with Gasteiger partial charge in [-0.25, -0.2) is 15.0 Å². The lowest BCUT2D eigenvalue weighted by molar-refractivity contribution is -0.0433. The highest BCUT2D eigenvalue weighted by atomic mass is 16.6. The molecule has 0 radical (unpaired) electrons. The largest absolute Gasteiger partial charge is 0.387 e. The van der Waals surface area contributed by atoms with Gasteiger partial charge in [0.05, 0.1) is 6.33 Å². The van der Waals surface area contributed by atoms with E-state index < -0.39 is 24.5 Å². The molecule has 0 aliphatic carbocycles. The number of anilines is 1. The second kappa shape index (κ2) is 6.36. The third-order valence-corrected chi connectivity index (χ3v) is 4.33. The zero-order valence-electron chi connectivity index (χ0n) is 13.2. The first kappa shape index (κ1) is 16.1. The van der Waals surface area contributed by atoms with Crippen LogP contribution in [0.3, 0.4) is 0 Å². The van der Waals surface area contributed by atoms with Gasteiger partial charge in [-0.15, -0.1) is 0 Å². The molecule has 0 spiro atoms. The Morgan fingerprint density at radius 2 is 1.96 bits per heavy atom. The molecule has 4 atom stereocenters. The van der Waals surface area contributed by atoms with E-state index in [1.165, 1.54) is 12.7 Å². The summed E-state index contributed by atoms with van der Waals surface area (Å²) in [6.07, 6.45) is -0.449. The Balaban J connectivity index is 1.86. The molecule has 0 saturated carbocycles. The molecule has 1 saturated heterocycles. The summed E-state index contributed by atoms with van der Waals surface area (Å²) in [5.74, 6) is 0.265. The molecule has 9 nitrogen and oxygen atoms in total. The topological polar surface area (TPSA) is 123 Å². The Hall–Kier alpha value is -1.81. The molecule has 23 heavy (non-hydrogen) atoms. The van der Waals surface area contributed by atoms with E-state index in [0.717, 1.165) is 13.1 Å². The van der Waals surface area contributed by atoms with Crippen LogP contribution in [0, 0.1) is 0 Å². The molecule has 126 valence electrons. The average molecular weight is 322 g/mol. The molecule has 3 heterocycles. The number of aromatic nitrogens is 4. The molecule has 1 aliphatic heterocycles. The van der Waals surface area contributed by atoms with Crippen LogP contribution in [0.1, 0.15) is 20.1 Å². The van der Waals surface area contributed by atoms with Gasteiger partial charge < -0.3 is 25.6 Å². The first-order chi connectivity index (χ1) is 11.1. The van der Waals surface area contributed by atoms with Crippen molar-refractivity contribution in [1.29, 1.82) is 0 Å². The SMILES string of the molecule is CCN(CC)C[C@H]1O[C@@H](n2cnc3c(N)ncnc32)[C@H](O)[C@@H]1O. The van der Waals surface area contributed by atoms with Crippen molar-refractivity contribution >= 4 is 17.0 Å². The quantitative estimate of drug-likeness (QED) is 0.665. The Kier molecular flexibility index (Phi) is 4.44. The van der Waals surface area contributed by atoms with Crippen molar-refractivity contribution in [3.63, 3.8) is 0 Å². The molecular weight excluding hydrogens is 300 g/mol. The number of rotatable bonds is 5. The lowest BCUT2D eigenvalue weighted by Gasteiger charge is -2.23. The fourth-order valence-electron chi connectivity index (χ4n) is 2.90. The highest BCUT2D eigenvalue weighted by Crippen LogP contribution is 2.32. The van der Waals surface area contributed by atoms with Crippen molar-refractivity contribution in [2.75, 3.05) is 25.4 Å². The Morgan fingerprint density at radius 1 is 1.22 bits per heavy atom. The summed E-state index contributed by atoms with van der Waals surface area (Å²) in [7, 11) is 0. The maximum absolute atomic E-state index is 10.4. The summed E-state index contributed by atoms with van der Waals surface area (Å²) in [6, 6.07) is 0. The van der Waals surface area contributed by atoms with Gasteiger partial charge in [-0.3, -0.25) is 4.57 Å². The average Bonchev–Trinajstić information content (AvgIpc) is 3.09. The highest BCUT2D eigenvalue weighted by molar-refractivity contribution is 5.81. The van der Waals surface area contributed by atoms with Gasteiger partial charge in [-0.05, 0) is 13.1 Å². The molecule has 4 N–H and O–H groups in total. The van der Waals surface area contributed by atoms with Crippen LogP contribution < -0.4 is 5.73 Å². The predicted molar refractivity (Wildman–Crippen MR) is 83.4 cm³/mol. The molecule has 1 aliphatic rings. The second-order valence-electron chi connectivity index (χ2n) is 5.62. The van der Waals surface area contributed by atoms with Crippen LogP contribution in [0.15, 0.2) is 12.7 Å². The molecule has 3 rings (SSSR count). The fourth-order valence-corrected chi connectivity index (χ4v) is 2.90. The summed E-state index contributed by atoms with van der Waals surface area (Å²) in [4.78, 5) is 14.3. The van der Waals surface area contributed by atoms with Gasteiger partial charge in [-0.2, -0.15) is 0 Å². The lowest BCUT2D eigenvalue weighted by atomic mass is 10.1. The van der Waals surface area contributed by atoms with E-state index in [9.17, 15) is 10.2 Å². The van der Waals surface area contributed by atoms with Crippen molar-refractivity contribution < 1.29 is 14.9 Å². The van der Waals surface area contributed by atoms with Gasteiger partial charge in [-0.1, -0.05) is 13.8 Å². The van der Waals surface area contributed by atoms with Crippen molar-refractivity contribution in [2.24, 2.45) is 0 Å². The number of likely N-dealkylation sites (N-methyl/N-ethyl adjacent to an activating group) is 1. The minimum atomic E-state index is -1.07. The molecule has 0 aromatic carbocycles. The number of ether oxygens (including phenoxy) is 1. The molecule has 0 amide bonds. The second-order valence-corrected chi connectivity index (χ2v) is 5.62. The minimum absolute atomic E-state index is 0.265. The number of imidazole rings is 1. The molecule has 2 aromatic heterocycles. The van der Waals surface area contributed by atoms with Crippen LogP contribution in [-0.2, 0) is 4.74 Å². The van der Waals surface area contributed by atoms with E-state index in [0.29, 0.717) is 17.7 Å². The van der Waals surface area contributed by atoms with Crippen molar-refractivity contribution in [3.8, 4) is 0 Å². The molecule has 0 bridgehead atoms. The first-order valence-electron chi connectivity index (χ1n) is 7.73. The summed E-state index contributed by atoms with van der Waals surface area (Å²) in [5.41, 5.74) is 6.69. The number of aliphatic hydroxyl groups is 2. The first-order valence-corrected chi connectivity index (χ1v) is 7.73. The zero-order valence-corrected chi connectivity index (χ0v) is 13.2. The standard InChI is InChI=1S/C14H22N6O3/c1-3-19(4-2)5-8-10(21)11(22)14(23-8)20-7-18-9-12(15)16-6-17-13(9)20/h6-8,10-11,14,21-22H,3-5H2,1-2H3,(H2,15,16,17)/t8-,10-,11-,14-/m1/s1. The van der Waals surface area contributed by atoms with E-state index in [1.54, 1.807) is 4.57 Å². The van der Waals surface area contributed by atoms with Gasteiger partial charge in [0, 0.05) is 6.54 Å². The number of fused-ring (bicyclic) bond motifs is 1. The third-order valence-electron chi connectivity index (χ3n) is 4.33. The number of hydrogen-bond donors (Lipinski definition) is 3. The summed E-state index contributed by atoms with van der Waals surface area (Å²) in [6.45, 7) is 6.33. The fraction of sp³-hybridized carbons (Fsp3) is 0.643. The monoisotopic (exact) mass is 322 g/mol. The summed E-state index contributed by atoms with van der Waals surface area (Å²) in [5, 5.41) is 20.7. The van der Waals surface area contributed by atoms with Crippen LogP contribution in [0.25, 0.3) is 11.2 Å². The van der Waals surface area contributed by atoms with Gasteiger partial charge >= 0.3 is 0 Å². The Bertz CT molecular complexity index is 674. The van der Waals surface area contributed by atoms with Crippen LogP contribution in [-0.4, -0.2) is 72.6 Å². The van der Waals surface area contributed by atoms with Gasteiger partial charge in [0.1, 0.15) is 30.2 Å². The number of aliphatic hydroxyl groups excluding tert-OH is 2. The Labute approximate surface area is 133 Å². The smallest absolute Gasteiger partial charge is 0.167 e. The molecule has 1 fully saturated rings. The van der Waals surface area contributed by atoms with E-state index >= 15 is 0 Å². The van der Waals surface area contributed by atoms with Crippen LogP contribution in [0.5, 0.6) is 0 Å². The molecular formula is C14H22N6O3. The lowest BCUT2D eigenvalue weighted by Crippen LogP contribution is -2.39. The maximum atomic E-state index is 10.4. The van der Waals surface area contributed by atoms with Crippen LogP contribution in [0.2, 0.25) is 0 Å². The van der Waals surface area contributed by atoms with Crippen molar-refractivity contribution in [1.82, 2.24) is 24.4 Å². The van der Waals surface area contributed by atoms with Crippen LogP contribution in [0.4, 0.5) is 5.82 Å². The number of nitrogens with two attached hydrogens (primary N) is 1. The third kappa shape index (κ3) is 2.76. The molecule has 9 heteroatoms. The predicted octanol–water partition coefficient (Wildman–Crippen LogP) is -0.630. The Morgan fingerprint density at radius 3 is 2.65 bits per heavy atom. The van der Waals surface area contributed by atoms with Gasteiger partial charge in [0.25, 0.3) is 0 Å². The zero-order chi connectivity index (χ0) is 16.6. The normalized spacial score (nSPS) is 28.0. The van der Waals surface area contributed by atoms with Crippen LogP contribution >= 0.6 is 0 Å². The summed E-state index contributed by atoms with van der Waals surface area (Å²) < 4.78 is 7.48. The molecule has 0 unspecified atom stereocenters. The number of nitrogen functional groups attached to an aromatic ring is 1. The van der Waals surface area contributed by atoms with E-state index in [2.05, 4.69) is 19.9 Å². The highest BCUT2D eigenvalue weighted by Gasteiger charge is 2.44. The van der Waals surface area contributed by atoms with Gasteiger partial charge in [0.2, 0.25) is 0 Å². The molecule has 2 aromatic rings. The summed E-state index contributed by atoms with van der Waals surface area (Å²) >= 11 is 0. The maximum Gasteiger partial charge on any atom is 0.167 e. The van der Waals surface area contributed by atoms with Crippen molar-refractivity contribution in [2.45, 2.75) is 38.4 Å². The van der Waals surface area contributed by atoms with E-state index in [1.807, 2.05) is 13.8 Å².